The van der Waals surface area contributed by atoms with E-state index in [4.69, 9.17) is 23.2 Å². The molecule has 0 aliphatic carbocycles. The summed E-state index contributed by atoms with van der Waals surface area (Å²) in [6.45, 7) is 0. The van der Waals surface area contributed by atoms with Crippen LogP contribution in [-0.2, 0) is 0 Å². The number of hydrogen-bond donors (Lipinski definition) is 1. The van der Waals surface area contributed by atoms with Crippen molar-refractivity contribution in [2.24, 2.45) is 0 Å². The van der Waals surface area contributed by atoms with Crippen LogP contribution >= 0.6 is 23.2 Å². The van der Waals surface area contributed by atoms with Crippen molar-refractivity contribution in [1.29, 1.82) is 0 Å². The molecule has 0 spiro atoms. The predicted molar refractivity (Wildman–Crippen MR) is 47.2 cm³/mol. The molecule has 1 aromatic rings. The Morgan fingerprint density at radius 1 is 1.50 bits per heavy atom. The van der Waals surface area contributed by atoms with Gasteiger partial charge < -0.3 is 4.98 Å². The molecule has 0 saturated carbocycles. The van der Waals surface area contributed by atoms with E-state index in [2.05, 4.69) is 0 Å². The fraction of sp³-hybridized carbons (Fsp3) is 0.143. The van der Waals surface area contributed by atoms with Crippen molar-refractivity contribution in [3.05, 3.63) is 32.7 Å². The fourth-order valence-corrected chi connectivity index (χ4v) is 1.11. The lowest BCUT2D eigenvalue weighted by Gasteiger charge is -2.03. The monoisotopic (exact) mass is 241 g/mol. The zero-order chi connectivity index (χ0) is 10.9. The number of carbonyl (C=O) groups is 1. The Labute approximate surface area is 86.6 Å². The molecular weight excluding hydrogens is 239 g/mol. The van der Waals surface area contributed by atoms with E-state index in [0.29, 0.717) is 0 Å². The average Bonchev–Trinajstić information content (AvgIpc) is 2.08. The van der Waals surface area contributed by atoms with E-state index in [1.807, 2.05) is 4.98 Å². The van der Waals surface area contributed by atoms with Crippen molar-refractivity contribution in [3.8, 4) is 0 Å². The zero-order valence-corrected chi connectivity index (χ0v) is 7.99. The number of aromatic nitrogens is 1. The van der Waals surface area contributed by atoms with Crippen LogP contribution in [0.2, 0.25) is 5.02 Å². The van der Waals surface area contributed by atoms with Gasteiger partial charge in [0.2, 0.25) is 5.43 Å². The topological polar surface area (TPSA) is 49.9 Å². The van der Waals surface area contributed by atoms with Crippen LogP contribution in [0.5, 0.6) is 0 Å². The third-order valence-electron chi connectivity index (χ3n) is 1.43. The van der Waals surface area contributed by atoms with Gasteiger partial charge in [0, 0.05) is 6.07 Å². The summed E-state index contributed by atoms with van der Waals surface area (Å²) in [7, 11) is 0. The number of pyridine rings is 1. The maximum Gasteiger partial charge on any atom is 0.279 e. The van der Waals surface area contributed by atoms with Crippen molar-refractivity contribution in [2.75, 3.05) is 0 Å². The molecule has 7 heteroatoms. The maximum absolute atomic E-state index is 12.2. The molecule has 14 heavy (non-hydrogen) atoms. The molecule has 0 fully saturated rings. The lowest BCUT2D eigenvalue weighted by molar-refractivity contribution is 0.107. The summed E-state index contributed by atoms with van der Waals surface area (Å²) in [5.41, 5.74) is -2.08. The number of hydrogen-bond acceptors (Lipinski definition) is 2. The van der Waals surface area contributed by atoms with Crippen LogP contribution in [0.25, 0.3) is 0 Å². The van der Waals surface area contributed by atoms with E-state index in [1.165, 1.54) is 0 Å². The van der Waals surface area contributed by atoms with Gasteiger partial charge in [0.25, 0.3) is 11.7 Å². The number of halogens is 4. The summed E-state index contributed by atoms with van der Waals surface area (Å²) < 4.78 is 24.5. The number of aromatic amines is 1. The van der Waals surface area contributed by atoms with Gasteiger partial charge in [-0.3, -0.25) is 9.59 Å². The SMILES string of the molecule is O=C(Cl)c1cc(=O)c(Cl)c(C(F)F)[nH]1. The Kier molecular flexibility index (Phi) is 3.23. The summed E-state index contributed by atoms with van der Waals surface area (Å²) in [4.78, 5) is 23.6. The normalized spacial score (nSPS) is 10.6. The molecule has 0 aromatic carbocycles. The van der Waals surface area contributed by atoms with Crippen LogP contribution in [0.1, 0.15) is 22.6 Å². The van der Waals surface area contributed by atoms with Gasteiger partial charge in [0.05, 0.1) is 0 Å². The molecule has 1 heterocycles. The molecule has 1 aromatic heterocycles. The third kappa shape index (κ3) is 2.10. The summed E-state index contributed by atoms with van der Waals surface area (Å²) in [6.07, 6.45) is -2.97. The maximum atomic E-state index is 12.2. The Hall–Kier alpha value is -0.940. The highest BCUT2D eigenvalue weighted by atomic mass is 35.5. The first kappa shape index (κ1) is 11.1. The molecule has 3 nitrogen and oxygen atoms in total. The minimum Gasteiger partial charge on any atom is -0.349 e. The summed E-state index contributed by atoms with van der Waals surface area (Å²) in [5.74, 6) is 0. The van der Waals surface area contributed by atoms with Crippen molar-refractivity contribution in [2.45, 2.75) is 6.43 Å². The second kappa shape index (κ2) is 4.06. The molecule has 0 unspecified atom stereocenters. The van der Waals surface area contributed by atoms with Crippen LogP contribution in [0.3, 0.4) is 0 Å². The van der Waals surface area contributed by atoms with Gasteiger partial charge in [-0.15, -0.1) is 0 Å². The molecular formula is C7H3Cl2F2NO2. The molecule has 0 aliphatic rings. The number of nitrogens with one attached hydrogen (secondary N) is 1. The van der Waals surface area contributed by atoms with Crippen LogP contribution in [0.4, 0.5) is 8.78 Å². The largest absolute Gasteiger partial charge is 0.349 e. The van der Waals surface area contributed by atoms with Gasteiger partial charge in [-0.2, -0.15) is 0 Å². The number of rotatable bonds is 2. The van der Waals surface area contributed by atoms with Gasteiger partial charge in [-0.05, 0) is 11.6 Å². The highest BCUT2D eigenvalue weighted by Gasteiger charge is 2.17. The van der Waals surface area contributed by atoms with Gasteiger partial charge in [-0.1, -0.05) is 11.6 Å². The van der Waals surface area contributed by atoms with Gasteiger partial charge in [0.15, 0.2) is 0 Å². The first-order valence-electron chi connectivity index (χ1n) is 3.34. The summed E-state index contributed by atoms with van der Waals surface area (Å²) in [5, 5.41) is -1.66. The van der Waals surface area contributed by atoms with Gasteiger partial charge in [-0.25, -0.2) is 8.78 Å². The Balaban J connectivity index is 3.43. The highest BCUT2D eigenvalue weighted by Crippen LogP contribution is 2.22. The Bertz CT molecular complexity index is 430. The Morgan fingerprint density at radius 3 is 2.50 bits per heavy atom. The summed E-state index contributed by atoms with van der Waals surface area (Å²) in [6, 6.07) is 0.767. The molecule has 1 rings (SSSR count). The van der Waals surface area contributed by atoms with Crippen molar-refractivity contribution < 1.29 is 13.6 Å². The smallest absolute Gasteiger partial charge is 0.279 e. The lowest BCUT2D eigenvalue weighted by Crippen LogP contribution is -2.11. The average molecular weight is 242 g/mol. The minimum atomic E-state index is -2.97. The van der Waals surface area contributed by atoms with Gasteiger partial charge in [0.1, 0.15) is 16.4 Å². The standard InChI is InChI=1S/C7H3Cl2F2NO2/c8-4-3(13)1-2(6(9)14)12-5(4)7(10)11/h1,7H,(H,12,13). The second-order valence-corrected chi connectivity index (χ2v) is 3.07. The highest BCUT2D eigenvalue weighted by molar-refractivity contribution is 6.67. The Morgan fingerprint density at radius 2 is 2.07 bits per heavy atom. The molecule has 0 radical (unpaired) electrons. The van der Waals surface area contributed by atoms with E-state index in [1.54, 1.807) is 0 Å². The number of carbonyl (C=O) groups excluding carboxylic acids is 1. The summed E-state index contributed by atoms with van der Waals surface area (Å²) >= 11 is 10.3. The molecule has 1 N–H and O–H groups in total. The van der Waals surface area contributed by atoms with E-state index in [0.717, 1.165) is 6.07 Å². The van der Waals surface area contributed by atoms with Crippen LogP contribution < -0.4 is 5.43 Å². The van der Waals surface area contributed by atoms with Crippen molar-refractivity contribution >= 4 is 28.4 Å². The number of H-pyrrole nitrogens is 1. The van der Waals surface area contributed by atoms with Crippen LogP contribution in [0, 0.1) is 0 Å². The number of alkyl halides is 2. The van der Waals surface area contributed by atoms with Gasteiger partial charge >= 0.3 is 0 Å². The third-order valence-corrected chi connectivity index (χ3v) is 2.02. The van der Waals surface area contributed by atoms with Crippen LogP contribution in [-0.4, -0.2) is 10.2 Å². The first-order chi connectivity index (χ1) is 6.43. The van der Waals surface area contributed by atoms with Crippen molar-refractivity contribution in [1.82, 2.24) is 4.98 Å². The quantitative estimate of drug-likeness (QED) is 0.809. The van der Waals surface area contributed by atoms with Crippen LogP contribution in [0.15, 0.2) is 10.9 Å². The van der Waals surface area contributed by atoms with E-state index in [9.17, 15) is 18.4 Å². The second-order valence-electron chi connectivity index (χ2n) is 2.35. The zero-order valence-electron chi connectivity index (χ0n) is 6.48. The van der Waals surface area contributed by atoms with E-state index in [-0.39, 0.29) is 0 Å². The molecule has 0 aliphatic heterocycles. The van der Waals surface area contributed by atoms with Crippen molar-refractivity contribution in [3.63, 3.8) is 0 Å². The molecule has 0 bridgehead atoms. The molecule has 0 atom stereocenters. The predicted octanol–water partition coefficient (Wildman–Crippen LogP) is 2.34. The first-order valence-corrected chi connectivity index (χ1v) is 4.09. The van der Waals surface area contributed by atoms with E-state index < -0.39 is 33.5 Å². The molecule has 76 valence electrons. The fourth-order valence-electron chi connectivity index (χ4n) is 0.819. The molecule has 0 saturated heterocycles. The molecule has 0 amide bonds. The minimum absolute atomic E-state index is 0.406. The lowest BCUT2D eigenvalue weighted by atomic mass is 10.3. The van der Waals surface area contributed by atoms with E-state index >= 15 is 0 Å².